The molecule has 1 N–H and O–H groups in total. The van der Waals surface area contributed by atoms with Crippen molar-refractivity contribution in [2.45, 2.75) is 6.54 Å². The fourth-order valence-electron chi connectivity index (χ4n) is 3.60. The van der Waals surface area contributed by atoms with Gasteiger partial charge in [-0.1, -0.05) is 17.1 Å². The largest absolute Gasteiger partial charge is 0.330 e. The van der Waals surface area contributed by atoms with Crippen molar-refractivity contribution in [1.29, 1.82) is 5.26 Å². The molecule has 0 saturated heterocycles. The number of nitrogens with one attached hydrogen (secondary N) is 1. The molecule has 0 aliphatic carbocycles. The third-order valence-corrected chi connectivity index (χ3v) is 5.39. The van der Waals surface area contributed by atoms with E-state index in [9.17, 15) is 4.79 Å². The van der Waals surface area contributed by atoms with Gasteiger partial charge in [-0.2, -0.15) is 14.9 Å². The first-order chi connectivity index (χ1) is 15.6. The van der Waals surface area contributed by atoms with E-state index < -0.39 is 0 Å². The summed E-state index contributed by atoms with van der Waals surface area (Å²) in [4.78, 5) is 23.6. The molecule has 0 spiro atoms. The number of benzene rings is 2. The van der Waals surface area contributed by atoms with Gasteiger partial charge in [0.15, 0.2) is 17.9 Å². The van der Waals surface area contributed by atoms with Crippen LogP contribution in [0.15, 0.2) is 78.2 Å². The summed E-state index contributed by atoms with van der Waals surface area (Å²) in [6.07, 6.45) is 5.14. The third-order valence-electron chi connectivity index (χ3n) is 5.39. The molecule has 8 nitrogen and oxygen atoms in total. The van der Waals surface area contributed by atoms with Gasteiger partial charge in [0.1, 0.15) is 6.20 Å². The molecule has 2 aromatic heterocycles. The Kier molecular flexibility index (Phi) is 4.76. The van der Waals surface area contributed by atoms with Gasteiger partial charge in [-0.25, -0.2) is 4.98 Å². The second-order valence-electron chi connectivity index (χ2n) is 7.34. The number of nitrogens with zero attached hydrogens (tertiary/aromatic N) is 6. The van der Waals surface area contributed by atoms with Gasteiger partial charge >= 0.3 is 5.84 Å². The average Bonchev–Trinajstić information content (AvgIpc) is 3.53. The molecule has 1 aliphatic heterocycles. The van der Waals surface area contributed by atoms with Crippen LogP contribution in [-0.4, -0.2) is 34.0 Å². The lowest BCUT2D eigenvalue weighted by molar-refractivity contribution is -0.557. The highest BCUT2D eigenvalue weighted by Gasteiger charge is 2.29. The number of aliphatic imine (C=N–C) groups is 1. The van der Waals surface area contributed by atoms with Gasteiger partial charge in [-0.15, -0.1) is 0 Å². The molecule has 3 heterocycles. The highest BCUT2D eigenvalue weighted by Crippen LogP contribution is 2.19. The van der Waals surface area contributed by atoms with Crippen LogP contribution in [0.3, 0.4) is 0 Å². The molecule has 32 heavy (non-hydrogen) atoms. The predicted octanol–water partition coefficient (Wildman–Crippen LogP) is 2.72. The number of aromatic amines is 1. The van der Waals surface area contributed by atoms with E-state index in [4.69, 9.17) is 5.26 Å². The molecule has 8 heteroatoms. The van der Waals surface area contributed by atoms with Crippen LogP contribution in [-0.2, 0) is 6.54 Å². The Balaban J connectivity index is 1.42. The van der Waals surface area contributed by atoms with Gasteiger partial charge in [-0.05, 0) is 48.0 Å². The normalized spacial score (nSPS) is 12.1. The number of fused-ring (bicyclic) bond motifs is 1. The second kappa shape index (κ2) is 7.89. The van der Waals surface area contributed by atoms with E-state index in [0.29, 0.717) is 23.5 Å². The highest BCUT2D eigenvalue weighted by atomic mass is 16.2. The quantitative estimate of drug-likeness (QED) is 0.513. The van der Waals surface area contributed by atoms with E-state index in [0.717, 1.165) is 28.4 Å². The molecule has 0 atom stereocenters. The van der Waals surface area contributed by atoms with Crippen molar-refractivity contribution in [1.82, 2.24) is 15.2 Å². The number of carbonyl (C=O) groups excluding carboxylic acids is 1. The molecule has 0 saturated carbocycles. The van der Waals surface area contributed by atoms with Crippen LogP contribution in [0.4, 0.5) is 5.69 Å². The number of anilines is 1. The molecular formula is C24H18N7O+. The van der Waals surface area contributed by atoms with Crippen molar-refractivity contribution in [2.75, 3.05) is 11.9 Å². The minimum absolute atomic E-state index is 0.245. The van der Waals surface area contributed by atoms with Crippen molar-refractivity contribution in [2.24, 2.45) is 4.99 Å². The summed E-state index contributed by atoms with van der Waals surface area (Å²) < 4.78 is 1.91. The average molecular weight is 420 g/mol. The third kappa shape index (κ3) is 3.42. The molecule has 4 aromatic rings. The molecule has 1 aliphatic rings. The summed E-state index contributed by atoms with van der Waals surface area (Å²) in [6.45, 7) is 0.505. The Morgan fingerprint density at radius 2 is 1.84 bits per heavy atom. The number of hydrogen-bond acceptors (Lipinski definition) is 5. The van der Waals surface area contributed by atoms with Gasteiger partial charge < -0.3 is 4.90 Å². The lowest BCUT2D eigenvalue weighted by Crippen LogP contribution is -2.45. The smallest absolute Gasteiger partial charge is 0.310 e. The van der Waals surface area contributed by atoms with E-state index in [1.807, 2.05) is 34.9 Å². The van der Waals surface area contributed by atoms with Gasteiger partial charge in [0, 0.05) is 18.9 Å². The van der Waals surface area contributed by atoms with Gasteiger partial charge in [0.25, 0.3) is 5.91 Å². The number of aromatic nitrogens is 4. The topological polar surface area (TPSA) is 102 Å². The molecule has 2 aromatic carbocycles. The first-order valence-corrected chi connectivity index (χ1v) is 9.98. The van der Waals surface area contributed by atoms with Gasteiger partial charge in [0.2, 0.25) is 0 Å². The molecule has 0 bridgehead atoms. The van der Waals surface area contributed by atoms with Crippen LogP contribution in [0.2, 0.25) is 0 Å². The number of H-pyrrole nitrogens is 1. The Hall–Kier alpha value is -4.64. The number of amides is 1. The maximum Gasteiger partial charge on any atom is 0.330 e. The Bertz CT molecular complexity index is 1370. The number of carbonyl (C=O) groups is 1. The van der Waals surface area contributed by atoms with Gasteiger partial charge in [0.05, 0.1) is 29.1 Å². The van der Waals surface area contributed by atoms with E-state index in [1.165, 1.54) is 4.90 Å². The SMILES string of the molecule is CN(C(=O)c1c[n+]2c(cn1)CN=C2c1ccc(-c2ccn[nH]2)cc1)c1ccc(C#N)cc1. The molecule has 1 amide bonds. The molecular weight excluding hydrogens is 402 g/mol. The second-order valence-corrected chi connectivity index (χ2v) is 7.34. The summed E-state index contributed by atoms with van der Waals surface area (Å²) in [5.41, 5.74) is 5.37. The van der Waals surface area contributed by atoms with E-state index >= 15 is 0 Å². The summed E-state index contributed by atoms with van der Waals surface area (Å²) in [5, 5.41) is 15.9. The standard InChI is InChI=1S/C24H18N7O/c1-30(19-8-2-16(12-25)3-9-19)24(32)22-15-31-20(13-26-22)14-27-23(31)18-6-4-17(5-7-18)21-10-11-28-29-21/h2-11,13,15H,14H2,1H3,(H,28,29)/q+1. The summed E-state index contributed by atoms with van der Waals surface area (Å²) in [6, 6.07) is 18.9. The summed E-state index contributed by atoms with van der Waals surface area (Å²) in [7, 11) is 1.69. The van der Waals surface area contributed by atoms with Crippen LogP contribution in [0.1, 0.15) is 27.3 Å². The first kappa shape index (κ1) is 19.3. The maximum atomic E-state index is 13.1. The van der Waals surface area contributed by atoms with Crippen molar-refractivity contribution in [3.05, 3.63) is 95.7 Å². The Morgan fingerprint density at radius 1 is 1.09 bits per heavy atom. The number of nitriles is 1. The van der Waals surface area contributed by atoms with Crippen LogP contribution in [0.25, 0.3) is 11.3 Å². The zero-order valence-electron chi connectivity index (χ0n) is 17.2. The lowest BCUT2D eigenvalue weighted by Gasteiger charge is -2.16. The predicted molar refractivity (Wildman–Crippen MR) is 118 cm³/mol. The molecule has 0 fully saturated rings. The van der Waals surface area contributed by atoms with Crippen LogP contribution in [0.5, 0.6) is 0 Å². The summed E-state index contributed by atoms with van der Waals surface area (Å²) in [5.74, 6) is 0.527. The zero-order valence-corrected chi connectivity index (χ0v) is 17.2. The lowest BCUT2D eigenvalue weighted by atomic mass is 10.1. The highest BCUT2D eigenvalue weighted by molar-refractivity contribution is 6.04. The van der Waals surface area contributed by atoms with Crippen molar-refractivity contribution >= 4 is 17.4 Å². The fourth-order valence-corrected chi connectivity index (χ4v) is 3.60. The van der Waals surface area contributed by atoms with E-state index in [2.05, 4.69) is 26.2 Å². The zero-order chi connectivity index (χ0) is 22.1. The number of rotatable bonds is 4. The van der Waals surface area contributed by atoms with Crippen molar-refractivity contribution in [3.8, 4) is 17.3 Å². The molecule has 154 valence electrons. The monoisotopic (exact) mass is 420 g/mol. The Morgan fingerprint density at radius 3 is 2.53 bits per heavy atom. The van der Waals surface area contributed by atoms with Crippen molar-refractivity contribution < 1.29 is 9.36 Å². The minimum Gasteiger partial charge on any atom is -0.310 e. The maximum absolute atomic E-state index is 13.1. The molecule has 0 radical (unpaired) electrons. The van der Waals surface area contributed by atoms with Gasteiger partial charge in [-0.3, -0.25) is 9.89 Å². The molecule has 0 unspecified atom stereocenters. The minimum atomic E-state index is -0.245. The molecule has 5 rings (SSSR count). The van der Waals surface area contributed by atoms with E-state index in [-0.39, 0.29) is 5.91 Å². The van der Waals surface area contributed by atoms with Crippen LogP contribution in [0, 0.1) is 11.3 Å². The van der Waals surface area contributed by atoms with Crippen molar-refractivity contribution in [3.63, 3.8) is 0 Å². The number of hydrogen-bond donors (Lipinski definition) is 1. The van der Waals surface area contributed by atoms with Crippen LogP contribution < -0.4 is 9.47 Å². The van der Waals surface area contributed by atoms with Crippen LogP contribution >= 0.6 is 0 Å². The summed E-state index contributed by atoms with van der Waals surface area (Å²) >= 11 is 0. The van der Waals surface area contributed by atoms with E-state index in [1.54, 1.807) is 49.9 Å². The fraction of sp³-hybridized carbons (Fsp3) is 0.0833. The first-order valence-electron chi connectivity index (χ1n) is 9.98. The Labute approximate surface area is 184 Å².